The summed E-state index contributed by atoms with van der Waals surface area (Å²) >= 11 is 0. The molecule has 1 saturated heterocycles. The molecule has 1 aliphatic heterocycles. The first kappa shape index (κ1) is 23.8. The number of non-ortho nitro benzene ring substituents is 1. The Labute approximate surface area is 209 Å². The molecule has 0 atom stereocenters. The molecule has 0 unspecified atom stereocenters. The first-order chi connectivity index (χ1) is 17.6. The number of oxazole rings is 1. The predicted octanol–water partition coefficient (Wildman–Crippen LogP) is 6.84. The van der Waals surface area contributed by atoms with Gasteiger partial charge in [-0.2, -0.15) is 0 Å². The highest BCUT2D eigenvalue weighted by Gasteiger charge is 2.20. The van der Waals surface area contributed by atoms with Crippen molar-refractivity contribution in [3.05, 3.63) is 76.8 Å². The molecule has 36 heavy (non-hydrogen) atoms. The van der Waals surface area contributed by atoms with Gasteiger partial charge in [-0.15, -0.1) is 0 Å². The lowest BCUT2D eigenvalue weighted by Gasteiger charge is -2.32. The molecule has 0 bridgehead atoms. The summed E-state index contributed by atoms with van der Waals surface area (Å²) in [6.07, 6.45) is 4.79. The molecule has 8 heteroatoms. The Hall–Kier alpha value is -3.91. The molecule has 0 aliphatic carbocycles. The van der Waals surface area contributed by atoms with Crippen LogP contribution in [-0.2, 0) is 0 Å². The minimum absolute atomic E-state index is 0.0232. The zero-order valence-corrected chi connectivity index (χ0v) is 20.3. The van der Waals surface area contributed by atoms with Crippen LogP contribution in [0.3, 0.4) is 0 Å². The van der Waals surface area contributed by atoms with Crippen LogP contribution in [0.25, 0.3) is 22.6 Å². The Kier molecular flexibility index (Phi) is 7.13. The molecule has 0 N–H and O–H groups in total. The van der Waals surface area contributed by atoms with Gasteiger partial charge in [-0.25, -0.2) is 4.98 Å². The molecule has 0 radical (unpaired) electrons. The summed E-state index contributed by atoms with van der Waals surface area (Å²) < 4.78 is 18.1. The number of unbranched alkanes of at least 4 members (excludes halogenated alkanes) is 1. The van der Waals surface area contributed by atoms with Crippen LogP contribution in [0.4, 0.5) is 5.69 Å². The fourth-order valence-electron chi connectivity index (χ4n) is 4.36. The van der Waals surface area contributed by atoms with Crippen LogP contribution < -0.4 is 9.47 Å². The molecule has 1 fully saturated rings. The Morgan fingerprint density at radius 2 is 1.67 bits per heavy atom. The number of nitro groups is 1. The van der Waals surface area contributed by atoms with Crippen LogP contribution in [0, 0.1) is 10.1 Å². The van der Waals surface area contributed by atoms with E-state index in [1.807, 2.05) is 42.5 Å². The Balaban J connectivity index is 1.22. The van der Waals surface area contributed by atoms with Gasteiger partial charge >= 0.3 is 0 Å². The van der Waals surface area contributed by atoms with Crippen LogP contribution in [0.1, 0.15) is 32.6 Å². The lowest BCUT2D eigenvalue weighted by atomic mass is 10.1. The van der Waals surface area contributed by atoms with Gasteiger partial charge in [0.2, 0.25) is 5.89 Å². The third-order valence-corrected chi connectivity index (χ3v) is 6.41. The molecule has 0 spiro atoms. The SMILES string of the molecule is CCCCN1CCC(Oc2ccc3nc(-c4ccc(Oc5ccc([N+](=O)[O-])cc5)cc4)oc3c2)CC1. The van der Waals surface area contributed by atoms with Crippen LogP contribution >= 0.6 is 0 Å². The average Bonchev–Trinajstić information content (AvgIpc) is 3.32. The molecule has 8 nitrogen and oxygen atoms in total. The first-order valence-electron chi connectivity index (χ1n) is 12.4. The van der Waals surface area contributed by atoms with Crippen molar-refractivity contribution in [1.82, 2.24) is 9.88 Å². The van der Waals surface area contributed by atoms with Crippen LogP contribution in [0.2, 0.25) is 0 Å². The zero-order valence-electron chi connectivity index (χ0n) is 20.3. The number of hydrogen-bond acceptors (Lipinski definition) is 7. The lowest BCUT2D eigenvalue weighted by molar-refractivity contribution is -0.384. The number of nitro benzene ring substituents is 1. The second-order valence-corrected chi connectivity index (χ2v) is 9.04. The van der Waals surface area contributed by atoms with Crippen molar-refractivity contribution in [2.45, 2.75) is 38.7 Å². The van der Waals surface area contributed by atoms with Gasteiger partial charge in [0.05, 0.1) is 4.92 Å². The normalized spacial score (nSPS) is 14.7. The molecule has 1 aromatic heterocycles. The van der Waals surface area contributed by atoms with Crippen molar-refractivity contribution < 1.29 is 18.8 Å². The summed E-state index contributed by atoms with van der Waals surface area (Å²) in [5.41, 5.74) is 2.31. The number of ether oxygens (including phenoxy) is 2. The number of piperidine rings is 1. The molecule has 4 aromatic rings. The van der Waals surface area contributed by atoms with Crippen LogP contribution in [0.5, 0.6) is 17.2 Å². The maximum absolute atomic E-state index is 10.8. The van der Waals surface area contributed by atoms with E-state index in [0.29, 0.717) is 23.0 Å². The van der Waals surface area contributed by atoms with Gasteiger partial charge < -0.3 is 18.8 Å². The number of rotatable bonds is 9. The summed E-state index contributed by atoms with van der Waals surface area (Å²) in [5.74, 6) is 2.46. The number of nitrogens with zero attached hydrogens (tertiary/aromatic N) is 3. The number of aromatic nitrogens is 1. The van der Waals surface area contributed by atoms with E-state index in [2.05, 4.69) is 16.8 Å². The summed E-state index contributed by atoms with van der Waals surface area (Å²) in [6.45, 7) is 5.58. The van der Waals surface area contributed by atoms with E-state index in [1.165, 1.54) is 31.5 Å². The highest BCUT2D eigenvalue weighted by molar-refractivity contribution is 5.77. The third-order valence-electron chi connectivity index (χ3n) is 6.41. The number of likely N-dealkylation sites (tertiary alicyclic amines) is 1. The third kappa shape index (κ3) is 5.66. The lowest BCUT2D eigenvalue weighted by Crippen LogP contribution is -2.38. The second-order valence-electron chi connectivity index (χ2n) is 9.04. The van der Waals surface area contributed by atoms with Crippen molar-refractivity contribution in [2.24, 2.45) is 0 Å². The van der Waals surface area contributed by atoms with Crippen molar-refractivity contribution in [3.8, 4) is 28.7 Å². The van der Waals surface area contributed by atoms with Crippen LogP contribution in [0.15, 0.2) is 71.1 Å². The van der Waals surface area contributed by atoms with E-state index in [0.717, 1.165) is 42.8 Å². The average molecular weight is 488 g/mol. The van der Waals surface area contributed by atoms with Gasteiger partial charge in [0.15, 0.2) is 5.58 Å². The minimum atomic E-state index is -0.439. The van der Waals surface area contributed by atoms with E-state index in [9.17, 15) is 10.1 Å². The molecule has 2 heterocycles. The van der Waals surface area contributed by atoms with E-state index in [-0.39, 0.29) is 11.8 Å². The summed E-state index contributed by atoms with van der Waals surface area (Å²) in [4.78, 5) is 17.5. The number of hydrogen-bond donors (Lipinski definition) is 0. The molecular formula is C28H29N3O5. The van der Waals surface area contributed by atoms with Gasteiger partial charge in [-0.1, -0.05) is 13.3 Å². The van der Waals surface area contributed by atoms with Gasteiger partial charge in [0.25, 0.3) is 5.69 Å². The summed E-state index contributed by atoms with van der Waals surface area (Å²) in [6, 6.07) is 19.1. The zero-order chi connectivity index (χ0) is 24.9. The van der Waals surface area contributed by atoms with E-state index in [1.54, 1.807) is 12.1 Å². The molecule has 1 aliphatic rings. The molecule has 0 saturated carbocycles. The molecule has 3 aromatic carbocycles. The summed E-state index contributed by atoms with van der Waals surface area (Å²) in [5, 5.41) is 10.8. The molecule has 0 amide bonds. The van der Waals surface area contributed by atoms with Crippen molar-refractivity contribution >= 4 is 16.8 Å². The fourth-order valence-corrected chi connectivity index (χ4v) is 4.36. The Morgan fingerprint density at radius 1 is 1.00 bits per heavy atom. The maximum Gasteiger partial charge on any atom is 0.269 e. The Bertz CT molecular complexity index is 1310. The molecule has 5 rings (SSSR count). The Morgan fingerprint density at radius 3 is 2.33 bits per heavy atom. The monoisotopic (exact) mass is 487 g/mol. The molecule has 186 valence electrons. The van der Waals surface area contributed by atoms with Gasteiger partial charge in [-0.05, 0) is 74.3 Å². The van der Waals surface area contributed by atoms with Gasteiger partial charge in [-0.3, -0.25) is 10.1 Å². The quantitative estimate of drug-likeness (QED) is 0.189. The van der Waals surface area contributed by atoms with Crippen molar-refractivity contribution in [1.29, 1.82) is 0 Å². The smallest absolute Gasteiger partial charge is 0.269 e. The van der Waals surface area contributed by atoms with Crippen LogP contribution in [-0.4, -0.2) is 40.5 Å². The first-order valence-corrected chi connectivity index (χ1v) is 12.4. The molecular weight excluding hydrogens is 458 g/mol. The van der Waals surface area contributed by atoms with E-state index < -0.39 is 4.92 Å². The second kappa shape index (κ2) is 10.8. The largest absolute Gasteiger partial charge is 0.490 e. The van der Waals surface area contributed by atoms with E-state index in [4.69, 9.17) is 13.9 Å². The van der Waals surface area contributed by atoms with E-state index >= 15 is 0 Å². The van der Waals surface area contributed by atoms with Gasteiger partial charge in [0.1, 0.15) is 28.9 Å². The summed E-state index contributed by atoms with van der Waals surface area (Å²) in [7, 11) is 0. The fraction of sp³-hybridized carbons (Fsp3) is 0.321. The number of fused-ring (bicyclic) bond motifs is 1. The standard InChI is InChI=1S/C28H29N3O5/c1-2-3-16-30-17-14-24(15-18-30)35-25-12-13-26-27(19-25)36-28(29-26)20-4-8-22(9-5-20)34-23-10-6-21(7-11-23)31(32)33/h4-13,19,24H,2-3,14-18H2,1H3. The maximum atomic E-state index is 10.8. The van der Waals surface area contributed by atoms with Crippen molar-refractivity contribution in [2.75, 3.05) is 19.6 Å². The topological polar surface area (TPSA) is 90.9 Å². The van der Waals surface area contributed by atoms with Crippen molar-refractivity contribution in [3.63, 3.8) is 0 Å². The highest BCUT2D eigenvalue weighted by Crippen LogP contribution is 2.30. The number of benzene rings is 3. The highest BCUT2D eigenvalue weighted by atomic mass is 16.6. The van der Waals surface area contributed by atoms with Gasteiger partial charge in [0, 0.05) is 36.9 Å². The predicted molar refractivity (Wildman–Crippen MR) is 138 cm³/mol. The minimum Gasteiger partial charge on any atom is -0.490 e.